The second-order valence-electron chi connectivity index (χ2n) is 6.72. The van der Waals surface area contributed by atoms with E-state index in [0.717, 1.165) is 35.5 Å². The highest BCUT2D eigenvalue weighted by atomic mass is 16.3. The zero-order chi connectivity index (χ0) is 18.2. The number of amides is 1. The molecule has 1 aliphatic rings. The van der Waals surface area contributed by atoms with Crippen LogP contribution in [0.4, 0.5) is 0 Å². The molecule has 0 saturated carbocycles. The number of hydrogen-bond acceptors (Lipinski definition) is 3. The Morgan fingerprint density at radius 1 is 1.24 bits per heavy atom. The standard InChI is InChI=1S/C20H23N3O2/c1-14-12-19(20(25)10-4-5-11-22(20)16(3)24)15(2)23(14)18-8-6-17(13-21)7-9-18/h6-9,12,25H,4-5,10-11H2,1-3H3. The van der Waals surface area contributed by atoms with Crippen molar-refractivity contribution < 1.29 is 9.90 Å². The van der Waals surface area contributed by atoms with E-state index >= 15 is 0 Å². The molecule has 5 heteroatoms. The van der Waals surface area contributed by atoms with Gasteiger partial charge in [-0.05, 0) is 63.4 Å². The zero-order valence-corrected chi connectivity index (χ0v) is 14.9. The number of piperidine rings is 1. The first-order valence-corrected chi connectivity index (χ1v) is 8.59. The first-order valence-electron chi connectivity index (χ1n) is 8.59. The SMILES string of the molecule is CC(=O)N1CCCCC1(O)c1cc(C)n(-c2ccc(C#N)cc2)c1C. The van der Waals surface area contributed by atoms with E-state index in [9.17, 15) is 9.90 Å². The summed E-state index contributed by atoms with van der Waals surface area (Å²) in [4.78, 5) is 13.6. The quantitative estimate of drug-likeness (QED) is 0.915. The Morgan fingerprint density at radius 3 is 2.52 bits per heavy atom. The molecule has 1 amide bonds. The number of hydrogen-bond donors (Lipinski definition) is 1. The average Bonchev–Trinajstić information content (AvgIpc) is 2.90. The molecule has 130 valence electrons. The Balaban J connectivity index is 2.10. The predicted molar refractivity (Wildman–Crippen MR) is 95.1 cm³/mol. The predicted octanol–water partition coefficient (Wildman–Crippen LogP) is 3.14. The summed E-state index contributed by atoms with van der Waals surface area (Å²) in [5, 5.41) is 20.3. The molecule has 1 aromatic carbocycles. The molecular weight excluding hydrogens is 314 g/mol. The van der Waals surface area contributed by atoms with Crippen molar-refractivity contribution in [1.82, 2.24) is 9.47 Å². The molecule has 0 radical (unpaired) electrons. The summed E-state index contributed by atoms with van der Waals surface area (Å²) in [6.07, 6.45) is 2.35. The van der Waals surface area contributed by atoms with E-state index in [0.29, 0.717) is 18.5 Å². The lowest BCUT2D eigenvalue weighted by atomic mass is 9.91. The summed E-state index contributed by atoms with van der Waals surface area (Å²) in [5.41, 5.74) is 2.98. The lowest BCUT2D eigenvalue weighted by Crippen LogP contribution is -2.51. The van der Waals surface area contributed by atoms with Crippen molar-refractivity contribution in [2.24, 2.45) is 0 Å². The Bertz CT molecular complexity index is 845. The summed E-state index contributed by atoms with van der Waals surface area (Å²) in [5.74, 6) is -0.106. The van der Waals surface area contributed by atoms with Crippen LogP contribution in [-0.4, -0.2) is 27.0 Å². The van der Waals surface area contributed by atoms with E-state index in [2.05, 4.69) is 10.6 Å². The number of aromatic nitrogens is 1. The second-order valence-corrected chi connectivity index (χ2v) is 6.72. The molecule has 1 unspecified atom stereocenters. The van der Waals surface area contributed by atoms with Gasteiger partial charge in [0.05, 0.1) is 11.6 Å². The fourth-order valence-electron chi connectivity index (χ4n) is 3.91. The maximum atomic E-state index is 12.1. The van der Waals surface area contributed by atoms with E-state index in [-0.39, 0.29) is 5.91 Å². The van der Waals surface area contributed by atoms with Crippen molar-refractivity contribution in [3.63, 3.8) is 0 Å². The first-order chi connectivity index (χ1) is 11.9. The van der Waals surface area contributed by atoms with E-state index < -0.39 is 5.72 Å². The van der Waals surface area contributed by atoms with Gasteiger partial charge in [0, 0.05) is 36.1 Å². The van der Waals surface area contributed by atoms with Gasteiger partial charge in [-0.3, -0.25) is 4.79 Å². The molecule has 1 aromatic heterocycles. The van der Waals surface area contributed by atoms with Gasteiger partial charge in [0.25, 0.3) is 0 Å². The second kappa shape index (κ2) is 6.38. The summed E-state index contributed by atoms with van der Waals surface area (Å²) >= 11 is 0. The van der Waals surface area contributed by atoms with Crippen LogP contribution in [0.1, 0.15) is 48.7 Å². The lowest BCUT2D eigenvalue weighted by molar-refractivity contribution is -0.170. The first kappa shape index (κ1) is 17.2. The van der Waals surface area contributed by atoms with Crippen LogP contribution < -0.4 is 0 Å². The summed E-state index contributed by atoms with van der Waals surface area (Å²) in [6.45, 7) is 6.03. The number of benzene rings is 1. The minimum absolute atomic E-state index is 0.106. The minimum atomic E-state index is -1.25. The van der Waals surface area contributed by atoms with Crippen LogP contribution in [0.5, 0.6) is 0 Å². The van der Waals surface area contributed by atoms with Gasteiger partial charge in [-0.2, -0.15) is 5.26 Å². The van der Waals surface area contributed by atoms with Crippen LogP contribution in [0.25, 0.3) is 5.69 Å². The van der Waals surface area contributed by atoms with Crippen molar-refractivity contribution in [2.75, 3.05) is 6.54 Å². The Hall–Kier alpha value is -2.58. The van der Waals surface area contributed by atoms with Crippen LogP contribution in [-0.2, 0) is 10.5 Å². The van der Waals surface area contributed by atoms with Gasteiger partial charge in [-0.1, -0.05) is 0 Å². The van der Waals surface area contributed by atoms with Crippen LogP contribution in [0.2, 0.25) is 0 Å². The van der Waals surface area contributed by atoms with Gasteiger partial charge in [-0.15, -0.1) is 0 Å². The molecule has 0 bridgehead atoms. The molecule has 2 aromatic rings. The van der Waals surface area contributed by atoms with Gasteiger partial charge in [0.15, 0.2) is 5.72 Å². The fourth-order valence-corrected chi connectivity index (χ4v) is 3.91. The van der Waals surface area contributed by atoms with Crippen LogP contribution in [0, 0.1) is 25.2 Å². The molecule has 0 spiro atoms. The van der Waals surface area contributed by atoms with Crippen molar-refractivity contribution >= 4 is 5.91 Å². The van der Waals surface area contributed by atoms with Crippen LogP contribution in [0.15, 0.2) is 30.3 Å². The zero-order valence-electron chi connectivity index (χ0n) is 14.9. The van der Waals surface area contributed by atoms with Crippen molar-refractivity contribution in [1.29, 1.82) is 5.26 Å². The highest BCUT2D eigenvalue weighted by Crippen LogP contribution is 2.39. The van der Waals surface area contributed by atoms with Crippen molar-refractivity contribution in [3.8, 4) is 11.8 Å². The highest BCUT2D eigenvalue weighted by molar-refractivity contribution is 5.74. The van der Waals surface area contributed by atoms with Gasteiger partial charge < -0.3 is 14.6 Å². The number of rotatable bonds is 2. The maximum absolute atomic E-state index is 12.1. The molecule has 0 aliphatic carbocycles. The van der Waals surface area contributed by atoms with Gasteiger partial charge in [0.1, 0.15) is 0 Å². The normalized spacial score (nSPS) is 20.4. The monoisotopic (exact) mass is 337 g/mol. The van der Waals surface area contributed by atoms with Gasteiger partial charge >= 0.3 is 0 Å². The van der Waals surface area contributed by atoms with Gasteiger partial charge in [-0.25, -0.2) is 0 Å². The number of aliphatic hydroxyl groups is 1. The van der Waals surface area contributed by atoms with Crippen LogP contribution >= 0.6 is 0 Å². The van der Waals surface area contributed by atoms with Crippen molar-refractivity contribution in [2.45, 2.75) is 45.8 Å². The lowest BCUT2D eigenvalue weighted by Gasteiger charge is -2.43. The van der Waals surface area contributed by atoms with E-state index in [4.69, 9.17) is 5.26 Å². The van der Waals surface area contributed by atoms with E-state index in [1.807, 2.05) is 32.0 Å². The highest BCUT2D eigenvalue weighted by Gasteiger charge is 2.42. The number of nitriles is 1. The Labute approximate surface area is 148 Å². The third-order valence-electron chi connectivity index (χ3n) is 5.10. The number of likely N-dealkylation sites (tertiary alicyclic amines) is 1. The number of nitrogens with zero attached hydrogens (tertiary/aromatic N) is 3. The smallest absolute Gasteiger partial charge is 0.221 e. The molecule has 1 saturated heterocycles. The molecule has 25 heavy (non-hydrogen) atoms. The number of aryl methyl sites for hydroxylation is 1. The summed E-state index contributed by atoms with van der Waals surface area (Å²) in [6, 6.07) is 11.5. The third kappa shape index (κ3) is 2.83. The summed E-state index contributed by atoms with van der Waals surface area (Å²) < 4.78 is 2.06. The third-order valence-corrected chi connectivity index (χ3v) is 5.10. The largest absolute Gasteiger partial charge is 0.367 e. The molecule has 1 N–H and O–H groups in total. The number of carbonyl (C=O) groups excluding carboxylic acids is 1. The molecule has 2 heterocycles. The molecule has 5 nitrogen and oxygen atoms in total. The van der Waals surface area contributed by atoms with E-state index in [1.54, 1.807) is 17.0 Å². The van der Waals surface area contributed by atoms with Crippen LogP contribution in [0.3, 0.4) is 0 Å². The average molecular weight is 337 g/mol. The minimum Gasteiger partial charge on any atom is -0.367 e. The van der Waals surface area contributed by atoms with Gasteiger partial charge in [0.2, 0.25) is 5.91 Å². The van der Waals surface area contributed by atoms with Crippen molar-refractivity contribution in [3.05, 3.63) is 52.8 Å². The topological polar surface area (TPSA) is 69.3 Å². The summed E-state index contributed by atoms with van der Waals surface area (Å²) in [7, 11) is 0. The molecule has 1 atom stereocenters. The van der Waals surface area contributed by atoms with E-state index in [1.165, 1.54) is 6.92 Å². The molecule has 1 fully saturated rings. The maximum Gasteiger partial charge on any atom is 0.221 e. The fraction of sp³-hybridized carbons (Fsp3) is 0.400. The number of carbonyl (C=O) groups is 1. The Morgan fingerprint density at radius 2 is 1.92 bits per heavy atom. The molecule has 3 rings (SSSR count). The molecular formula is C20H23N3O2. The Kier molecular flexibility index (Phi) is 4.40. The molecule has 1 aliphatic heterocycles.